The van der Waals surface area contributed by atoms with Crippen LogP contribution in [-0.2, 0) is 14.3 Å². The summed E-state index contributed by atoms with van der Waals surface area (Å²) in [6.07, 6.45) is 2.78. The van der Waals surface area contributed by atoms with Gasteiger partial charge in [0, 0.05) is 12.3 Å². The van der Waals surface area contributed by atoms with E-state index in [4.69, 9.17) is 15.2 Å². The molecular weight excluding hydrogens is 290 g/mol. The molecule has 4 heteroatoms. The van der Waals surface area contributed by atoms with Crippen LogP contribution >= 0.6 is 0 Å². The van der Waals surface area contributed by atoms with E-state index in [-0.39, 0.29) is 18.1 Å². The lowest BCUT2D eigenvalue weighted by atomic mass is 9.94. The minimum Gasteiger partial charge on any atom is -0.370 e. The largest absolute Gasteiger partial charge is 0.370 e. The highest BCUT2D eigenvalue weighted by Gasteiger charge is 2.24. The smallest absolute Gasteiger partial charge is 0.217 e. The number of hydrogen-bond donors (Lipinski definition) is 1. The van der Waals surface area contributed by atoms with Gasteiger partial charge in [0.1, 0.15) is 0 Å². The van der Waals surface area contributed by atoms with Gasteiger partial charge in [-0.2, -0.15) is 0 Å². The van der Waals surface area contributed by atoms with Gasteiger partial charge in [-0.25, -0.2) is 0 Å². The number of hydrogen-bond acceptors (Lipinski definition) is 3. The van der Waals surface area contributed by atoms with Crippen LogP contribution in [0.25, 0.3) is 10.8 Å². The fourth-order valence-corrected chi connectivity index (χ4v) is 3.11. The number of amides is 1. The maximum atomic E-state index is 10.7. The first-order valence-corrected chi connectivity index (χ1v) is 8.23. The molecule has 0 unspecified atom stereocenters. The maximum absolute atomic E-state index is 10.7. The maximum Gasteiger partial charge on any atom is 0.217 e. The summed E-state index contributed by atoms with van der Waals surface area (Å²) in [7, 11) is 0. The average molecular weight is 313 g/mol. The molecule has 1 heterocycles. The van der Waals surface area contributed by atoms with Gasteiger partial charge >= 0.3 is 0 Å². The molecule has 0 bridgehead atoms. The number of carbonyl (C=O) groups is 1. The molecule has 1 fully saturated rings. The second kappa shape index (κ2) is 7.57. The lowest BCUT2D eigenvalue weighted by Gasteiger charge is -2.30. The van der Waals surface area contributed by atoms with Crippen molar-refractivity contribution in [1.82, 2.24) is 0 Å². The first-order valence-electron chi connectivity index (χ1n) is 8.23. The van der Waals surface area contributed by atoms with Gasteiger partial charge in [0.2, 0.25) is 5.91 Å². The minimum absolute atomic E-state index is 0.158. The Morgan fingerprint density at radius 2 is 1.78 bits per heavy atom. The molecule has 0 saturated carbocycles. The summed E-state index contributed by atoms with van der Waals surface area (Å²) < 4.78 is 11.7. The molecule has 122 valence electrons. The predicted molar refractivity (Wildman–Crippen MR) is 90.0 cm³/mol. The van der Waals surface area contributed by atoms with E-state index in [2.05, 4.69) is 42.5 Å². The summed E-state index contributed by atoms with van der Waals surface area (Å²) >= 11 is 0. The van der Waals surface area contributed by atoms with Crippen LogP contribution in [0, 0.1) is 0 Å². The van der Waals surface area contributed by atoms with E-state index in [1.54, 1.807) is 0 Å². The predicted octanol–water partition coefficient (Wildman–Crippen LogP) is 3.34. The monoisotopic (exact) mass is 313 g/mol. The zero-order chi connectivity index (χ0) is 16.1. The summed E-state index contributed by atoms with van der Waals surface area (Å²) in [6, 6.07) is 14.8. The first-order chi connectivity index (χ1) is 11.2. The second-order valence-corrected chi connectivity index (χ2v) is 6.07. The lowest BCUT2D eigenvalue weighted by molar-refractivity contribution is -0.190. The highest BCUT2D eigenvalue weighted by molar-refractivity contribution is 5.86. The van der Waals surface area contributed by atoms with Crippen LogP contribution in [0.4, 0.5) is 0 Å². The van der Waals surface area contributed by atoms with Gasteiger partial charge in [0.25, 0.3) is 0 Å². The fourth-order valence-electron chi connectivity index (χ4n) is 3.11. The molecule has 1 saturated heterocycles. The zero-order valence-corrected chi connectivity index (χ0v) is 13.2. The molecule has 2 N–H and O–H groups in total. The van der Waals surface area contributed by atoms with Crippen molar-refractivity contribution in [1.29, 1.82) is 0 Å². The Morgan fingerprint density at radius 1 is 1.04 bits per heavy atom. The van der Waals surface area contributed by atoms with Gasteiger partial charge in [-0.15, -0.1) is 0 Å². The molecule has 2 aromatic carbocycles. The normalized spacial score (nSPS) is 21.4. The van der Waals surface area contributed by atoms with E-state index in [1.807, 2.05) is 0 Å². The summed E-state index contributed by atoms with van der Waals surface area (Å²) in [6.45, 7) is 1.35. The Morgan fingerprint density at radius 3 is 2.57 bits per heavy atom. The number of benzene rings is 2. The molecule has 1 aliphatic rings. The van der Waals surface area contributed by atoms with Crippen molar-refractivity contribution in [2.45, 2.75) is 37.9 Å². The molecule has 4 nitrogen and oxygen atoms in total. The highest BCUT2D eigenvalue weighted by Crippen LogP contribution is 2.29. The average Bonchev–Trinajstić information content (AvgIpc) is 2.59. The lowest BCUT2D eigenvalue weighted by Crippen LogP contribution is -2.30. The number of rotatable bonds is 6. The van der Waals surface area contributed by atoms with E-state index in [0.717, 1.165) is 19.3 Å². The molecule has 3 rings (SSSR count). The van der Waals surface area contributed by atoms with Crippen LogP contribution < -0.4 is 5.73 Å². The van der Waals surface area contributed by atoms with Gasteiger partial charge in [0.15, 0.2) is 6.29 Å². The number of ether oxygens (including phenoxy) is 2. The summed E-state index contributed by atoms with van der Waals surface area (Å²) in [5.74, 6) is 0.0227. The molecule has 2 aromatic rings. The van der Waals surface area contributed by atoms with Crippen molar-refractivity contribution in [3.8, 4) is 0 Å². The number of primary amides is 1. The van der Waals surface area contributed by atoms with Gasteiger partial charge in [-0.05, 0) is 35.6 Å². The Kier molecular flexibility index (Phi) is 5.26. The molecule has 0 aliphatic carbocycles. The molecule has 1 amide bonds. The molecular formula is C19H23NO3. The third kappa shape index (κ3) is 4.09. The van der Waals surface area contributed by atoms with Crippen molar-refractivity contribution in [3.63, 3.8) is 0 Å². The van der Waals surface area contributed by atoms with Crippen LogP contribution in [0.5, 0.6) is 0 Å². The summed E-state index contributed by atoms with van der Waals surface area (Å²) in [4.78, 5) is 10.7. The van der Waals surface area contributed by atoms with Crippen LogP contribution in [0.2, 0.25) is 0 Å². The van der Waals surface area contributed by atoms with Crippen molar-refractivity contribution < 1.29 is 14.3 Å². The molecule has 0 radical (unpaired) electrons. The standard InChI is InChI=1S/C19H23NO3/c20-18(21)10-3-4-11-19-22-12-15(13-23-19)17-9-5-7-14-6-1-2-8-16(14)17/h1-2,5-9,15,19H,3-4,10-13H2,(H2,20,21). The minimum atomic E-state index is -0.244. The van der Waals surface area contributed by atoms with E-state index >= 15 is 0 Å². The third-order valence-electron chi connectivity index (χ3n) is 4.34. The van der Waals surface area contributed by atoms with Crippen molar-refractivity contribution in [2.75, 3.05) is 13.2 Å². The Hall–Kier alpha value is -1.91. The molecule has 23 heavy (non-hydrogen) atoms. The SMILES string of the molecule is NC(=O)CCCCC1OCC(c2cccc3ccccc23)CO1. The molecule has 1 aliphatic heterocycles. The van der Waals surface area contributed by atoms with Gasteiger partial charge in [-0.1, -0.05) is 42.5 Å². The fraction of sp³-hybridized carbons (Fsp3) is 0.421. The molecule has 0 aromatic heterocycles. The van der Waals surface area contributed by atoms with Crippen LogP contribution in [0.1, 0.15) is 37.2 Å². The van der Waals surface area contributed by atoms with Crippen LogP contribution in [0.15, 0.2) is 42.5 Å². The Balaban J connectivity index is 1.55. The number of carbonyl (C=O) groups excluding carboxylic acids is 1. The van der Waals surface area contributed by atoms with Gasteiger partial charge in [0.05, 0.1) is 13.2 Å². The Labute approximate surface area is 136 Å². The molecule has 0 spiro atoms. The first kappa shape index (κ1) is 16.0. The van der Waals surface area contributed by atoms with Crippen LogP contribution in [-0.4, -0.2) is 25.4 Å². The number of unbranched alkanes of at least 4 members (excludes halogenated alkanes) is 1. The topological polar surface area (TPSA) is 61.6 Å². The van der Waals surface area contributed by atoms with E-state index in [0.29, 0.717) is 19.6 Å². The van der Waals surface area contributed by atoms with E-state index in [9.17, 15) is 4.79 Å². The van der Waals surface area contributed by atoms with Crippen LogP contribution in [0.3, 0.4) is 0 Å². The van der Waals surface area contributed by atoms with E-state index in [1.165, 1.54) is 16.3 Å². The third-order valence-corrected chi connectivity index (χ3v) is 4.34. The second-order valence-electron chi connectivity index (χ2n) is 6.07. The van der Waals surface area contributed by atoms with Gasteiger partial charge < -0.3 is 15.2 Å². The van der Waals surface area contributed by atoms with Crippen molar-refractivity contribution in [2.24, 2.45) is 5.73 Å². The summed E-state index contributed by atoms with van der Waals surface area (Å²) in [5, 5.41) is 2.52. The number of fused-ring (bicyclic) bond motifs is 1. The highest BCUT2D eigenvalue weighted by atomic mass is 16.7. The summed E-state index contributed by atoms with van der Waals surface area (Å²) in [5.41, 5.74) is 6.43. The van der Waals surface area contributed by atoms with Crippen molar-refractivity contribution in [3.05, 3.63) is 48.0 Å². The van der Waals surface area contributed by atoms with Crippen molar-refractivity contribution >= 4 is 16.7 Å². The zero-order valence-electron chi connectivity index (χ0n) is 13.2. The van der Waals surface area contributed by atoms with Gasteiger partial charge in [-0.3, -0.25) is 4.79 Å². The Bertz CT molecular complexity index is 657. The van der Waals surface area contributed by atoms with E-state index < -0.39 is 0 Å². The quantitative estimate of drug-likeness (QED) is 0.832. The number of nitrogens with two attached hydrogens (primary N) is 1. The molecule has 0 atom stereocenters.